The first-order valence-corrected chi connectivity index (χ1v) is 6.94. The van der Waals surface area contributed by atoms with Crippen LogP contribution >= 0.6 is 0 Å². The highest BCUT2D eigenvalue weighted by Gasteiger charge is 2.13. The van der Waals surface area contributed by atoms with Gasteiger partial charge in [0.15, 0.2) is 5.43 Å². The maximum absolute atomic E-state index is 12.1. The number of fused-ring (bicyclic) bond motifs is 2. The van der Waals surface area contributed by atoms with E-state index in [0.717, 1.165) is 12.8 Å². The molecule has 0 unspecified atom stereocenters. The fourth-order valence-electron chi connectivity index (χ4n) is 2.79. The predicted octanol–water partition coefficient (Wildman–Crippen LogP) is 2.69. The van der Waals surface area contributed by atoms with Crippen molar-refractivity contribution in [1.82, 2.24) is 0 Å². The number of hydrogen-bond acceptors (Lipinski definition) is 3. The van der Waals surface area contributed by atoms with Gasteiger partial charge in [0.05, 0.1) is 11.8 Å². The van der Waals surface area contributed by atoms with Crippen molar-refractivity contribution < 1.29 is 14.3 Å². The van der Waals surface area contributed by atoms with Crippen LogP contribution in [0.5, 0.6) is 0 Å². The van der Waals surface area contributed by atoms with Crippen LogP contribution in [0.4, 0.5) is 0 Å². The van der Waals surface area contributed by atoms with Crippen LogP contribution in [-0.4, -0.2) is 11.1 Å². The number of carboxylic acid groups (broad SMARTS) is 1. The van der Waals surface area contributed by atoms with Crippen LogP contribution < -0.4 is 5.43 Å². The highest BCUT2D eigenvalue weighted by atomic mass is 16.4. The minimum atomic E-state index is -0.891. The second-order valence-corrected chi connectivity index (χ2v) is 5.29. The summed E-state index contributed by atoms with van der Waals surface area (Å²) in [6.45, 7) is 0. The van der Waals surface area contributed by atoms with E-state index in [1.807, 2.05) is 12.1 Å². The van der Waals surface area contributed by atoms with Gasteiger partial charge in [0.25, 0.3) is 0 Å². The molecule has 1 aliphatic carbocycles. The first-order valence-electron chi connectivity index (χ1n) is 6.94. The Bertz CT molecular complexity index is 727. The molecule has 2 aromatic rings. The van der Waals surface area contributed by atoms with Crippen molar-refractivity contribution in [3.05, 3.63) is 45.3 Å². The Morgan fingerprint density at radius 2 is 1.85 bits per heavy atom. The molecule has 0 saturated carbocycles. The van der Waals surface area contributed by atoms with Gasteiger partial charge in [0.1, 0.15) is 11.3 Å². The molecule has 0 amide bonds. The molecule has 1 aromatic carbocycles. The van der Waals surface area contributed by atoms with Gasteiger partial charge in [-0.3, -0.25) is 9.59 Å². The number of rotatable bonds is 3. The van der Waals surface area contributed by atoms with Gasteiger partial charge in [0, 0.05) is 12.5 Å². The SMILES string of the molecule is O=C(O)CCc1cc(=O)c2cc3c(cc2o1)CCCC3. The summed E-state index contributed by atoms with van der Waals surface area (Å²) in [4.78, 5) is 22.7. The second-order valence-electron chi connectivity index (χ2n) is 5.29. The zero-order chi connectivity index (χ0) is 14.1. The van der Waals surface area contributed by atoms with Crippen LogP contribution in [0.2, 0.25) is 0 Å². The molecule has 1 aromatic heterocycles. The molecule has 0 bridgehead atoms. The lowest BCUT2D eigenvalue weighted by Crippen LogP contribution is -2.08. The molecule has 0 aliphatic heterocycles. The number of aliphatic carboxylic acids is 1. The first kappa shape index (κ1) is 12.9. The fraction of sp³-hybridized carbons (Fsp3) is 0.375. The Kier molecular flexibility index (Phi) is 3.30. The lowest BCUT2D eigenvalue weighted by Gasteiger charge is -2.16. The average Bonchev–Trinajstić information content (AvgIpc) is 2.43. The van der Waals surface area contributed by atoms with Gasteiger partial charge in [-0.15, -0.1) is 0 Å². The number of carboxylic acids is 1. The van der Waals surface area contributed by atoms with Crippen molar-refractivity contribution in [3.8, 4) is 0 Å². The summed E-state index contributed by atoms with van der Waals surface area (Å²) < 4.78 is 5.70. The van der Waals surface area contributed by atoms with Gasteiger partial charge >= 0.3 is 5.97 Å². The zero-order valence-corrected chi connectivity index (χ0v) is 11.1. The molecule has 4 heteroatoms. The molecule has 3 rings (SSSR count). The summed E-state index contributed by atoms with van der Waals surface area (Å²) in [7, 11) is 0. The van der Waals surface area contributed by atoms with Crippen molar-refractivity contribution in [3.63, 3.8) is 0 Å². The number of aryl methyl sites for hydroxylation is 3. The largest absolute Gasteiger partial charge is 0.481 e. The van der Waals surface area contributed by atoms with Crippen LogP contribution in [-0.2, 0) is 24.1 Å². The highest BCUT2D eigenvalue weighted by molar-refractivity contribution is 5.78. The lowest BCUT2D eigenvalue weighted by atomic mass is 9.90. The molecule has 0 atom stereocenters. The molecule has 0 fully saturated rings. The number of carbonyl (C=O) groups is 1. The number of hydrogen-bond donors (Lipinski definition) is 1. The van der Waals surface area contributed by atoms with E-state index >= 15 is 0 Å². The van der Waals surface area contributed by atoms with Crippen LogP contribution in [0.25, 0.3) is 11.0 Å². The molecule has 104 valence electrons. The maximum atomic E-state index is 12.1. The summed E-state index contributed by atoms with van der Waals surface area (Å²) in [5.74, 6) is -0.446. The molecule has 4 nitrogen and oxygen atoms in total. The number of benzene rings is 1. The Hall–Kier alpha value is -2.10. The van der Waals surface area contributed by atoms with Gasteiger partial charge in [-0.05, 0) is 48.9 Å². The van der Waals surface area contributed by atoms with E-state index in [0.29, 0.717) is 16.7 Å². The van der Waals surface area contributed by atoms with E-state index in [-0.39, 0.29) is 18.3 Å². The summed E-state index contributed by atoms with van der Waals surface area (Å²) >= 11 is 0. The zero-order valence-electron chi connectivity index (χ0n) is 11.1. The Morgan fingerprint density at radius 3 is 2.55 bits per heavy atom. The minimum Gasteiger partial charge on any atom is -0.481 e. The molecule has 0 spiro atoms. The normalized spacial score (nSPS) is 14.2. The van der Waals surface area contributed by atoms with Crippen molar-refractivity contribution in [1.29, 1.82) is 0 Å². The summed E-state index contributed by atoms with van der Waals surface area (Å²) in [5, 5.41) is 9.30. The van der Waals surface area contributed by atoms with E-state index in [4.69, 9.17) is 9.52 Å². The van der Waals surface area contributed by atoms with Crippen molar-refractivity contribution in [2.45, 2.75) is 38.5 Å². The molecule has 0 radical (unpaired) electrons. The molecule has 1 aliphatic rings. The molecule has 0 saturated heterocycles. The third-order valence-corrected chi connectivity index (χ3v) is 3.83. The van der Waals surface area contributed by atoms with Crippen molar-refractivity contribution in [2.24, 2.45) is 0 Å². The molecular formula is C16H16O4. The summed E-state index contributed by atoms with van der Waals surface area (Å²) in [6, 6.07) is 5.31. The van der Waals surface area contributed by atoms with Crippen LogP contribution in [0.1, 0.15) is 36.1 Å². The van der Waals surface area contributed by atoms with E-state index in [1.54, 1.807) is 0 Å². The van der Waals surface area contributed by atoms with Crippen molar-refractivity contribution in [2.75, 3.05) is 0 Å². The average molecular weight is 272 g/mol. The summed E-state index contributed by atoms with van der Waals surface area (Å²) in [6.07, 6.45) is 4.60. The van der Waals surface area contributed by atoms with E-state index in [2.05, 4.69) is 0 Å². The minimum absolute atomic E-state index is 0.0284. The maximum Gasteiger partial charge on any atom is 0.303 e. The summed E-state index contributed by atoms with van der Waals surface area (Å²) in [5.41, 5.74) is 3.00. The predicted molar refractivity (Wildman–Crippen MR) is 75.1 cm³/mol. The van der Waals surface area contributed by atoms with E-state index in [1.165, 1.54) is 30.0 Å². The van der Waals surface area contributed by atoms with Gasteiger partial charge in [-0.2, -0.15) is 0 Å². The van der Waals surface area contributed by atoms with E-state index in [9.17, 15) is 9.59 Å². The Morgan fingerprint density at radius 1 is 1.15 bits per heavy atom. The third kappa shape index (κ3) is 2.46. The lowest BCUT2D eigenvalue weighted by molar-refractivity contribution is -0.137. The first-order chi connectivity index (χ1) is 9.63. The Labute approximate surface area is 116 Å². The van der Waals surface area contributed by atoms with Gasteiger partial charge in [-0.25, -0.2) is 0 Å². The topological polar surface area (TPSA) is 67.5 Å². The Balaban J connectivity index is 2.06. The standard InChI is InChI=1S/C16H16O4/c17-14-9-12(5-6-16(18)19)20-15-8-11-4-2-1-3-10(11)7-13(14)15/h7-9H,1-6H2,(H,18,19). The van der Waals surface area contributed by atoms with E-state index < -0.39 is 5.97 Å². The van der Waals surface area contributed by atoms with Gasteiger partial charge in [-0.1, -0.05) is 0 Å². The molecular weight excluding hydrogens is 256 g/mol. The van der Waals surface area contributed by atoms with Crippen LogP contribution in [0, 0.1) is 0 Å². The van der Waals surface area contributed by atoms with Gasteiger partial charge < -0.3 is 9.52 Å². The smallest absolute Gasteiger partial charge is 0.303 e. The molecule has 1 heterocycles. The molecule has 20 heavy (non-hydrogen) atoms. The highest BCUT2D eigenvalue weighted by Crippen LogP contribution is 2.25. The monoisotopic (exact) mass is 272 g/mol. The van der Waals surface area contributed by atoms with Crippen molar-refractivity contribution >= 4 is 16.9 Å². The second kappa shape index (κ2) is 5.12. The quantitative estimate of drug-likeness (QED) is 0.932. The molecule has 1 N–H and O–H groups in total. The van der Waals surface area contributed by atoms with Crippen LogP contribution in [0.3, 0.4) is 0 Å². The van der Waals surface area contributed by atoms with Crippen LogP contribution in [0.15, 0.2) is 27.4 Å². The van der Waals surface area contributed by atoms with Gasteiger partial charge in [0.2, 0.25) is 0 Å². The third-order valence-electron chi connectivity index (χ3n) is 3.83. The fourth-order valence-corrected chi connectivity index (χ4v) is 2.79.